The quantitative estimate of drug-likeness (QED) is 0.867. The molecule has 2 rings (SSSR count). The lowest BCUT2D eigenvalue weighted by Gasteiger charge is -2.43. The Balaban J connectivity index is 1.79. The molecule has 1 aliphatic carbocycles. The molecule has 2 aliphatic rings. The number of carbonyl (C=O) groups is 1. The summed E-state index contributed by atoms with van der Waals surface area (Å²) in [4.78, 5) is 16.7. The maximum absolute atomic E-state index is 12.2. The molecule has 2 fully saturated rings. The Morgan fingerprint density at radius 1 is 1.05 bits per heavy atom. The second-order valence-electron chi connectivity index (χ2n) is 7.86. The second kappa shape index (κ2) is 6.66. The predicted molar refractivity (Wildman–Crippen MR) is 87.0 cm³/mol. The van der Waals surface area contributed by atoms with Crippen LogP contribution in [0.2, 0.25) is 0 Å². The lowest BCUT2D eigenvalue weighted by molar-refractivity contribution is -0.138. The van der Waals surface area contributed by atoms with Crippen molar-refractivity contribution in [1.82, 2.24) is 9.80 Å². The molecule has 0 aromatic heterocycles. The first-order valence-electron chi connectivity index (χ1n) is 8.61. The summed E-state index contributed by atoms with van der Waals surface area (Å²) in [6.07, 6.45) is 5.41. The Morgan fingerprint density at radius 3 is 2.00 bits per heavy atom. The van der Waals surface area contributed by atoms with Gasteiger partial charge in [0.1, 0.15) is 0 Å². The van der Waals surface area contributed by atoms with Gasteiger partial charge in [-0.05, 0) is 51.4 Å². The highest BCUT2D eigenvalue weighted by Gasteiger charge is 2.33. The molecule has 21 heavy (non-hydrogen) atoms. The van der Waals surface area contributed by atoms with Crippen molar-refractivity contribution in [2.24, 2.45) is 17.6 Å². The highest BCUT2D eigenvalue weighted by molar-refractivity contribution is 5.85. The summed E-state index contributed by atoms with van der Waals surface area (Å²) >= 11 is 0. The Hall–Kier alpha value is -0.610. The molecule has 0 bridgehead atoms. The normalized spacial score (nSPS) is 29.0. The van der Waals surface area contributed by atoms with Gasteiger partial charge in [-0.25, -0.2) is 0 Å². The van der Waals surface area contributed by atoms with Crippen molar-refractivity contribution >= 4 is 5.91 Å². The van der Waals surface area contributed by atoms with Gasteiger partial charge in [0, 0.05) is 32.2 Å². The molecule has 1 amide bonds. The van der Waals surface area contributed by atoms with Gasteiger partial charge in [-0.3, -0.25) is 9.69 Å². The monoisotopic (exact) mass is 295 g/mol. The van der Waals surface area contributed by atoms with E-state index in [0.717, 1.165) is 44.1 Å². The fourth-order valence-electron chi connectivity index (χ4n) is 3.83. The molecule has 1 aliphatic heterocycles. The van der Waals surface area contributed by atoms with Crippen molar-refractivity contribution < 1.29 is 4.79 Å². The van der Waals surface area contributed by atoms with Gasteiger partial charge in [0.15, 0.2) is 0 Å². The van der Waals surface area contributed by atoms with E-state index in [1.54, 1.807) is 13.8 Å². The van der Waals surface area contributed by atoms with Crippen LogP contribution in [-0.4, -0.2) is 53.5 Å². The molecule has 122 valence electrons. The molecule has 0 spiro atoms. The molecular weight excluding hydrogens is 262 g/mol. The summed E-state index contributed by atoms with van der Waals surface area (Å²) in [5.74, 6) is 1.83. The molecule has 2 N–H and O–H groups in total. The fourth-order valence-corrected chi connectivity index (χ4v) is 3.83. The van der Waals surface area contributed by atoms with Gasteiger partial charge in [0.05, 0.1) is 5.54 Å². The van der Waals surface area contributed by atoms with E-state index in [-0.39, 0.29) is 5.91 Å². The van der Waals surface area contributed by atoms with Crippen LogP contribution in [0.15, 0.2) is 0 Å². The molecule has 0 aromatic carbocycles. The number of rotatable bonds is 3. The zero-order valence-electron chi connectivity index (χ0n) is 14.3. The van der Waals surface area contributed by atoms with Gasteiger partial charge in [-0.1, -0.05) is 13.8 Å². The van der Waals surface area contributed by atoms with Crippen molar-refractivity contribution in [2.75, 3.05) is 26.2 Å². The SMILES string of the molecule is CC(C)C1CCC(N2CCN(C(=O)C(C)(C)N)CC2)CC1. The second-order valence-corrected chi connectivity index (χ2v) is 7.86. The number of hydrogen-bond acceptors (Lipinski definition) is 3. The largest absolute Gasteiger partial charge is 0.339 e. The first kappa shape index (κ1) is 16.8. The van der Waals surface area contributed by atoms with Gasteiger partial charge in [-0.2, -0.15) is 0 Å². The van der Waals surface area contributed by atoms with Crippen LogP contribution in [0.25, 0.3) is 0 Å². The number of amides is 1. The van der Waals surface area contributed by atoms with E-state index in [0.29, 0.717) is 0 Å². The fraction of sp³-hybridized carbons (Fsp3) is 0.941. The number of hydrogen-bond donors (Lipinski definition) is 1. The van der Waals surface area contributed by atoms with E-state index in [2.05, 4.69) is 18.7 Å². The topological polar surface area (TPSA) is 49.6 Å². The van der Waals surface area contributed by atoms with Crippen LogP contribution in [0.3, 0.4) is 0 Å². The van der Waals surface area contributed by atoms with Crippen molar-refractivity contribution in [3.05, 3.63) is 0 Å². The van der Waals surface area contributed by atoms with Crippen LogP contribution in [0, 0.1) is 11.8 Å². The Labute approximate surface area is 130 Å². The third-order valence-electron chi connectivity index (χ3n) is 5.35. The Kier molecular flexibility index (Phi) is 5.31. The molecule has 4 nitrogen and oxygen atoms in total. The maximum Gasteiger partial charge on any atom is 0.242 e. The summed E-state index contributed by atoms with van der Waals surface area (Å²) in [6.45, 7) is 12.0. The maximum atomic E-state index is 12.2. The van der Waals surface area contributed by atoms with E-state index in [1.165, 1.54) is 25.7 Å². The standard InChI is InChI=1S/C17H33N3O/c1-13(2)14-5-7-15(8-6-14)19-9-11-20(12-10-19)16(21)17(3,4)18/h13-15H,5-12,18H2,1-4H3. The molecule has 0 atom stereocenters. The highest BCUT2D eigenvalue weighted by Crippen LogP contribution is 2.32. The van der Waals surface area contributed by atoms with Crippen molar-refractivity contribution in [2.45, 2.75) is 65.0 Å². The van der Waals surface area contributed by atoms with Crippen LogP contribution in [0.4, 0.5) is 0 Å². The number of nitrogens with two attached hydrogens (primary N) is 1. The van der Waals surface area contributed by atoms with E-state index >= 15 is 0 Å². The molecular formula is C17H33N3O. The molecule has 0 radical (unpaired) electrons. The molecule has 1 saturated carbocycles. The summed E-state index contributed by atoms with van der Waals surface area (Å²) < 4.78 is 0. The first-order chi connectivity index (χ1) is 9.79. The minimum absolute atomic E-state index is 0.0886. The highest BCUT2D eigenvalue weighted by atomic mass is 16.2. The first-order valence-corrected chi connectivity index (χ1v) is 8.61. The summed E-state index contributed by atoms with van der Waals surface area (Å²) in [5, 5.41) is 0. The van der Waals surface area contributed by atoms with E-state index in [9.17, 15) is 4.79 Å². The summed E-state index contributed by atoms with van der Waals surface area (Å²) in [7, 11) is 0. The van der Waals surface area contributed by atoms with E-state index < -0.39 is 5.54 Å². The third kappa shape index (κ3) is 4.19. The molecule has 4 heteroatoms. The summed E-state index contributed by atoms with van der Waals surface area (Å²) in [6, 6.07) is 0.739. The lowest BCUT2D eigenvalue weighted by atomic mass is 9.79. The van der Waals surface area contributed by atoms with Crippen molar-refractivity contribution in [3.63, 3.8) is 0 Å². The van der Waals surface area contributed by atoms with E-state index in [1.807, 2.05) is 4.90 Å². The smallest absolute Gasteiger partial charge is 0.242 e. The van der Waals surface area contributed by atoms with Crippen molar-refractivity contribution in [1.29, 1.82) is 0 Å². The average Bonchev–Trinajstić information content (AvgIpc) is 2.46. The van der Waals surface area contributed by atoms with Gasteiger partial charge in [-0.15, -0.1) is 0 Å². The van der Waals surface area contributed by atoms with Crippen LogP contribution in [0.5, 0.6) is 0 Å². The zero-order valence-corrected chi connectivity index (χ0v) is 14.3. The van der Waals surface area contributed by atoms with Crippen LogP contribution in [-0.2, 0) is 4.79 Å². The van der Waals surface area contributed by atoms with Gasteiger partial charge >= 0.3 is 0 Å². The molecule has 1 saturated heterocycles. The van der Waals surface area contributed by atoms with Gasteiger partial charge < -0.3 is 10.6 Å². The van der Waals surface area contributed by atoms with E-state index in [4.69, 9.17) is 5.73 Å². The molecule has 0 aromatic rings. The van der Waals surface area contributed by atoms with Gasteiger partial charge in [0.25, 0.3) is 0 Å². The molecule has 1 heterocycles. The van der Waals surface area contributed by atoms with Crippen LogP contribution in [0.1, 0.15) is 53.4 Å². The number of piperazine rings is 1. The molecule has 0 unspecified atom stereocenters. The summed E-state index contributed by atoms with van der Waals surface area (Å²) in [5.41, 5.74) is 5.19. The third-order valence-corrected chi connectivity index (χ3v) is 5.35. The Bertz CT molecular complexity index is 346. The minimum atomic E-state index is -0.739. The van der Waals surface area contributed by atoms with Crippen LogP contribution >= 0.6 is 0 Å². The lowest BCUT2D eigenvalue weighted by Crippen LogP contribution is -2.58. The number of nitrogens with zero attached hydrogens (tertiary/aromatic N) is 2. The predicted octanol–water partition coefficient (Wildman–Crippen LogP) is 2.08. The average molecular weight is 295 g/mol. The van der Waals surface area contributed by atoms with Crippen LogP contribution < -0.4 is 5.73 Å². The number of carbonyl (C=O) groups excluding carboxylic acids is 1. The zero-order chi connectivity index (χ0) is 15.6. The van der Waals surface area contributed by atoms with Crippen molar-refractivity contribution in [3.8, 4) is 0 Å². The minimum Gasteiger partial charge on any atom is -0.339 e. The Morgan fingerprint density at radius 2 is 1.57 bits per heavy atom. The van der Waals surface area contributed by atoms with Gasteiger partial charge in [0.2, 0.25) is 5.91 Å².